The number of benzene rings is 1. The summed E-state index contributed by atoms with van der Waals surface area (Å²) in [7, 11) is 0. The van der Waals surface area contributed by atoms with Gasteiger partial charge in [0.2, 0.25) is 0 Å². The third-order valence-corrected chi connectivity index (χ3v) is 3.48. The highest BCUT2D eigenvalue weighted by Gasteiger charge is 2.25. The van der Waals surface area contributed by atoms with Crippen LogP contribution < -0.4 is 5.32 Å². The molecule has 1 fully saturated rings. The Balaban J connectivity index is 1.98. The average Bonchev–Trinajstić information content (AvgIpc) is 3.28. The van der Waals surface area contributed by atoms with Gasteiger partial charge in [0.1, 0.15) is 17.7 Å². The summed E-state index contributed by atoms with van der Waals surface area (Å²) in [5.41, 5.74) is 2.31. The van der Waals surface area contributed by atoms with Gasteiger partial charge in [-0.1, -0.05) is 12.1 Å². The van der Waals surface area contributed by atoms with Crippen LogP contribution in [-0.4, -0.2) is 4.98 Å². The summed E-state index contributed by atoms with van der Waals surface area (Å²) in [5.74, 6) is 0.613. The zero-order chi connectivity index (χ0) is 14.1. The van der Waals surface area contributed by atoms with E-state index in [4.69, 9.17) is 5.26 Å². The van der Waals surface area contributed by atoms with Crippen LogP contribution in [0.4, 0.5) is 15.9 Å². The molecule has 1 heterocycles. The third kappa shape index (κ3) is 2.35. The van der Waals surface area contributed by atoms with Gasteiger partial charge < -0.3 is 5.32 Å². The number of hydrogen-bond donors (Lipinski definition) is 1. The Morgan fingerprint density at radius 1 is 1.30 bits per heavy atom. The van der Waals surface area contributed by atoms with Crippen molar-refractivity contribution < 1.29 is 4.39 Å². The number of anilines is 2. The van der Waals surface area contributed by atoms with Gasteiger partial charge in [-0.2, -0.15) is 5.26 Å². The number of aromatic nitrogens is 1. The molecular formula is C16H14FN3. The quantitative estimate of drug-likeness (QED) is 0.913. The maximum absolute atomic E-state index is 14.0. The Labute approximate surface area is 117 Å². The van der Waals surface area contributed by atoms with E-state index in [1.54, 1.807) is 31.2 Å². The van der Waals surface area contributed by atoms with Crippen molar-refractivity contribution >= 4 is 11.5 Å². The summed E-state index contributed by atoms with van der Waals surface area (Å²) in [4.78, 5) is 4.47. The van der Waals surface area contributed by atoms with E-state index in [1.807, 2.05) is 6.07 Å². The van der Waals surface area contributed by atoms with E-state index in [1.165, 1.54) is 0 Å². The molecule has 0 unspecified atom stereocenters. The molecule has 2 aromatic rings. The molecular weight excluding hydrogens is 253 g/mol. The topological polar surface area (TPSA) is 48.7 Å². The predicted molar refractivity (Wildman–Crippen MR) is 75.3 cm³/mol. The molecule has 100 valence electrons. The molecule has 0 atom stereocenters. The SMILES string of the molecule is Cc1cccc(Nc2nc(C3CC3)ccc2C#N)c1F. The Morgan fingerprint density at radius 2 is 2.10 bits per heavy atom. The molecule has 0 radical (unpaired) electrons. The number of hydrogen-bond acceptors (Lipinski definition) is 3. The van der Waals surface area contributed by atoms with E-state index in [9.17, 15) is 4.39 Å². The number of halogens is 1. The van der Waals surface area contributed by atoms with Gasteiger partial charge >= 0.3 is 0 Å². The molecule has 3 rings (SSSR count). The minimum Gasteiger partial charge on any atom is -0.337 e. The molecule has 0 spiro atoms. The van der Waals surface area contributed by atoms with E-state index in [-0.39, 0.29) is 5.82 Å². The first-order chi connectivity index (χ1) is 9.69. The summed E-state index contributed by atoms with van der Waals surface area (Å²) in [6.45, 7) is 1.71. The van der Waals surface area contributed by atoms with Crippen molar-refractivity contribution in [2.24, 2.45) is 0 Å². The van der Waals surface area contributed by atoms with Crippen LogP contribution in [0.25, 0.3) is 0 Å². The lowest BCUT2D eigenvalue weighted by molar-refractivity contribution is 0.622. The highest BCUT2D eigenvalue weighted by molar-refractivity contribution is 5.64. The molecule has 1 N–H and O–H groups in total. The third-order valence-electron chi connectivity index (χ3n) is 3.48. The maximum atomic E-state index is 14.0. The molecule has 1 aliphatic rings. The second-order valence-electron chi connectivity index (χ2n) is 5.08. The summed E-state index contributed by atoms with van der Waals surface area (Å²) >= 11 is 0. The van der Waals surface area contributed by atoms with Crippen LogP contribution in [-0.2, 0) is 0 Å². The van der Waals surface area contributed by atoms with Crippen LogP contribution >= 0.6 is 0 Å². The van der Waals surface area contributed by atoms with E-state index in [0.717, 1.165) is 18.5 Å². The number of nitriles is 1. The standard InChI is InChI=1S/C16H14FN3/c1-10-3-2-4-14(15(10)17)20-16-12(9-18)7-8-13(19-16)11-5-6-11/h2-4,7-8,11H,5-6H2,1H3,(H,19,20). The Morgan fingerprint density at radius 3 is 2.80 bits per heavy atom. The Bertz CT molecular complexity index is 699. The van der Waals surface area contributed by atoms with Crippen molar-refractivity contribution in [3.63, 3.8) is 0 Å². The monoisotopic (exact) mass is 267 g/mol. The van der Waals surface area contributed by atoms with Gasteiger partial charge in [0.05, 0.1) is 11.3 Å². The Kier molecular flexibility index (Phi) is 3.11. The van der Waals surface area contributed by atoms with Gasteiger partial charge in [-0.25, -0.2) is 9.37 Å². The second-order valence-corrected chi connectivity index (χ2v) is 5.08. The largest absolute Gasteiger partial charge is 0.337 e. The molecule has 0 amide bonds. The number of aryl methyl sites for hydroxylation is 1. The van der Waals surface area contributed by atoms with Crippen LogP contribution in [0, 0.1) is 24.1 Å². The van der Waals surface area contributed by atoms with Crippen molar-refractivity contribution in [2.75, 3.05) is 5.32 Å². The van der Waals surface area contributed by atoms with E-state index >= 15 is 0 Å². The number of nitrogens with one attached hydrogen (secondary N) is 1. The summed E-state index contributed by atoms with van der Waals surface area (Å²) in [6.07, 6.45) is 2.27. The van der Waals surface area contributed by atoms with Crippen LogP contribution in [0.1, 0.15) is 35.6 Å². The van der Waals surface area contributed by atoms with Crippen molar-refractivity contribution in [2.45, 2.75) is 25.7 Å². The first kappa shape index (κ1) is 12.6. The van der Waals surface area contributed by atoms with Gasteiger partial charge in [-0.3, -0.25) is 0 Å². The zero-order valence-electron chi connectivity index (χ0n) is 11.2. The first-order valence-electron chi connectivity index (χ1n) is 6.62. The summed E-state index contributed by atoms with van der Waals surface area (Å²) in [5, 5.41) is 12.1. The fraction of sp³-hybridized carbons (Fsp3) is 0.250. The summed E-state index contributed by atoms with van der Waals surface area (Å²) in [6, 6.07) is 10.8. The normalized spacial score (nSPS) is 13.8. The van der Waals surface area contributed by atoms with Crippen molar-refractivity contribution in [3.05, 3.63) is 53.0 Å². The Hall–Kier alpha value is -2.41. The van der Waals surface area contributed by atoms with Crippen molar-refractivity contribution in [1.82, 2.24) is 4.98 Å². The lowest BCUT2D eigenvalue weighted by Gasteiger charge is -2.11. The van der Waals surface area contributed by atoms with Gasteiger partial charge in [-0.05, 0) is 43.5 Å². The van der Waals surface area contributed by atoms with E-state index in [0.29, 0.717) is 28.6 Å². The minimum absolute atomic E-state index is 0.310. The molecule has 4 heteroatoms. The molecule has 0 bridgehead atoms. The van der Waals surface area contributed by atoms with Crippen molar-refractivity contribution in [1.29, 1.82) is 5.26 Å². The van der Waals surface area contributed by atoms with Gasteiger partial charge in [0.25, 0.3) is 0 Å². The molecule has 0 aliphatic heterocycles. The van der Waals surface area contributed by atoms with Crippen LogP contribution in [0.3, 0.4) is 0 Å². The first-order valence-corrected chi connectivity index (χ1v) is 6.62. The van der Waals surface area contributed by atoms with Gasteiger partial charge in [0.15, 0.2) is 0 Å². The number of pyridine rings is 1. The molecule has 1 aromatic heterocycles. The summed E-state index contributed by atoms with van der Waals surface area (Å²) < 4.78 is 14.0. The zero-order valence-corrected chi connectivity index (χ0v) is 11.2. The predicted octanol–water partition coefficient (Wildman–Crippen LogP) is 4.02. The fourth-order valence-corrected chi connectivity index (χ4v) is 2.14. The lowest BCUT2D eigenvalue weighted by atomic mass is 10.1. The average molecular weight is 267 g/mol. The lowest BCUT2D eigenvalue weighted by Crippen LogP contribution is -2.02. The van der Waals surface area contributed by atoms with Crippen LogP contribution in [0.15, 0.2) is 30.3 Å². The molecule has 1 saturated carbocycles. The molecule has 1 aromatic carbocycles. The van der Waals surface area contributed by atoms with Gasteiger partial charge in [0, 0.05) is 11.6 Å². The second kappa shape index (κ2) is 4.93. The van der Waals surface area contributed by atoms with E-state index < -0.39 is 0 Å². The maximum Gasteiger partial charge on any atom is 0.149 e. The van der Waals surface area contributed by atoms with E-state index in [2.05, 4.69) is 16.4 Å². The van der Waals surface area contributed by atoms with Crippen LogP contribution in [0.2, 0.25) is 0 Å². The van der Waals surface area contributed by atoms with Gasteiger partial charge in [-0.15, -0.1) is 0 Å². The molecule has 20 heavy (non-hydrogen) atoms. The fourth-order valence-electron chi connectivity index (χ4n) is 2.14. The minimum atomic E-state index is -0.310. The molecule has 0 saturated heterocycles. The smallest absolute Gasteiger partial charge is 0.149 e. The highest BCUT2D eigenvalue weighted by Crippen LogP contribution is 2.39. The number of nitrogens with zero attached hydrogens (tertiary/aromatic N) is 2. The molecule has 1 aliphatic carbocycles. The highest BCUT2D eigenvalue weighted by atomic mass is 19.1. The number of rotatable bonds is 3. The van der Waals surface area contributed by atoms with Crippen LogP contribution in [0.5, 0.6) is 0 Å². The molecule has 3 nitrogen and oxygen atoms in total. The van der Waals surface area contributed by atoms with Crippen molar-refractivity contribution in [3.8, 4) is 6.07 Å².